The highest BCUT2D eigenvalue weighted by Crippen LogP contribution is 2.19. The van der Waals surface area contributed by atoms with Crippen LogP contribution in [0.2, 0.25) is 0 Å². The molecular formula is C12H16N2. The molecule has 0 fully saturated rings. The molecule has 2 heteroatoms. The Labute approximate surface area is 84.1 Å². The summed E-state index contributed by atoms with van der Waals surface area (Å²) in [5, 5.41) is 1.29. The third-order valence-corrected chi connectivity index (χ3v) is 2.66. The summed E-state index contributed by atoms with van der Waals surface area (Å²) in [5.41, 5.74) is 9.51. The van der Waals surface area contributed by atoms with Gasteiger partial charge in [0.25, 0.3) is 0 Å². The van der Waals surface area contributed by atoms with Crippen LogP contribution in [0, 0.1) is 6.92 Å². The molecule has 1 aromatic carbocycles. The zero-order valence-corrected chi connectivity index (χ0v) is 8.51. The van der Waals surface area contributed by atoms with Gasteiger partial charge < -0.3 is 10.7 Å². The zero-order valence-electron chi connectivity index (χ0n) is 8.51. The van der Waals surface area contributed by atoms with E-state index in [9.17, 15) is 0 Å². The molecule has 0 aliphatic heterocycles. The van der Waals surface area contributed by atoms with Crippen LogP contribution in [-0.2, 0) is 6.42 Å². The van der Waals surface area contributed by atoms with Crippen molar-refractivity contribution in [3.8, 4) is 0 Å². The van der Waals surface area contributed by atoms with Crippen LogP contribution in [0.15, 0.2) is 24.4 Å². The monoisotopic (exact) mass is 188 g/mol. The van der Waals surface area contributed by atoms with Crippen molar-refractivity contribution < 1.29 is 0 Å². The molecule has 2 aromatic rings. The zero-order chi connectivity index (χ0) is 9.97. The molecule has 1 aromatic heterocycles. The van der Waals surface area contributed by atoms with Crippen LogP contribution in [0.5, 0.6) is 0 Å². The third-order valence-electron chi connectivity index (χ3n) is 2.66. The molecule has 0 radical (unpaired) electrons. The number of fused-ring (bicyclic) bond motifs is 1. The Hall–Kier alpha value is -1.28. The molecule has 2 nitrogen and oxygen atoms in total. The molecule has 3 N–H and O–H groups in total. The molecule has 1 heterocycles. The van der Waals surface area contributed by atoms with E-state index in [1.807, 2.05) is 6.20 Å². The van der Waals surface area contributed by atoms with E-state index in [0.717, 1.165) is 19.4 Å². The van der Waals surface area contributed by atoms with Gasteiger partial charge in [0.2, 0.25) is 0 Å². The van der Waals surface area contributed by atoms with Crippen molar-refractivity contribution in [2.75, 3.05) is 6.54 Å². The minimum Gasteiger partial charge on any atom is -0.361 e. The van der Waals surface area contributed by atoms with Gasteiger partial charge in [0, 0.05) is 11.7 Å². The first-order valence-electron chi connectivity index (χ1n) is 5.08. The van der Waals surface area contributed by atoms with E-state index in [1.165, 1.54) is 22.0 Å². The molecule has 0 unspecified atom stereocenters. The minimum atomic E-state index is 0.766. The molecule has 2 rings (SSSR count). The van der Waals surface area contributed by atoms with Crippen LogP contribution in [0.25, 0.3) is 10.9 Å². The highest BCUT2D eigenvalue weighted by Gasteiger charge is 2.01. The number of aromatic amines is 1. The third kappa shape index (κ3) is 1.66. The smallest absolute Gasteiger partial charge is 0.0456 e. The number of H-pyrrole nitrogens is 1. The van der Waals surface area contributed by atoms with Crippen molar-refractivity contribution in [2.45, 2.75) is 19.8 Å². The van der Waals surface area contributed by atoms with E-state index in [-0.39, 0.29) is 0 Å². The Morgan fingerprint density at radius 1 is 1.36 bits per heavy atom. The van der Waals surface area contributed by atoms with E-state index in [1.54, 1.807) is 0 Å². The van der Waals surface area contributed by atoms with Crippen LogP contribution in [0.3, 0.4) is 0 Å². The second-order valence-electron chi connectivity index (χ2n) is 3.74. The van der Waals surface area contributed by atoms with E-state index >= 15 is 0 Å². The molecule has 0 saturated carbocycles. The standard InChI is InChI=1S/C12H16N2/c1-9-7-11-4-6-14-12(11)8-10(9)3-2-5-13/h4,6-8,14H,2-3,5,13H2,1H3. The number of aryl methyl sites for hydroxylation is 2. The predicted molar refractivity (Wildman–Crippen MR) is 60.4 cm³/mol. The fourth-order valence-electron chi connectivity index (χ4n) is 1.82. The van der Waals surface area contributed by atoms with Gasteiger partial charge in [0.1, 0.15) is 0 Å². The quantitative estimate of drug-likeness (QED) is 0.763. The number of hydrogen-bond donors (Lipinski definition) is 2. The Morgan fingerprint density at radius 3 is 3.00 bits per heavy atom. The fourth-order valence-corrected chi connectivity index (χ4v) is 1.82. The summed E-state index contributed by atoms with van der Waals surface area (Å²) in [5.74, 6) is 0. The highest BCUT2D eigenvalue weighted by atomic mass is 14.7. The maximum Gasteiger partial charge on any atom is 0.0456 e. The molecule has 14 heavy (non-hydrogen) atoms. The molecule has 0 amide bonds. The maximum atomic E-state index is 5.51. The van der Waals surface area contributed by atoms with Gasteiger partial charge in [-0.1, -0.05) is 0 Å². The van der Waals surface area contributed by atoms with Crippen LogP contribution in [0.4, 0.5) is 0 Å². The van der Waals surface area contributed by atoms with Crippen LogP contribution >= 0.6 is 0 Å². The van der Waals surface area contributed by atoms with Crippen molar-refractivity contribution in [3.05, 3.63) is 35.5 Å². The Morgan fingerprint density at radius 2 is 2.21 bits per heavy atom. The first-order valence-corrected chi connectivity index (χ1v) is 5.08. The number of nitrogens with two attached hydrogens (primary N) is 1. The second-order valence-corrected chi connectivity index (χ2v) is 3.74. The number of aromatic nitrogens is 1. The summed E-state index contributed by atoms with van der Waals surface area (Å²) >= 11 is 0. The van der Waals surface area contributed by atoms with E-state index in [0.29, 0.717) is 0 Å². The van der Waals surface area contributed by atoms with Gasteiger partial charge in [0.15, 0.2) is 0 Å². The van der Waals surface area contributed by atoms with Gasteiger partial charge in [-0.2, -0.15) is 0 Å². The van der Waals surface area contributed by atoms with Gasteiger partial charge in [0.05, 0.1) is 0 Å². The topological polar surface area (TPSA) is 41.8 Å². The van der Waals surface area contributed by atoms with Gasteiger partial charge in [-0.05, 0) is 61.0 Å². The number of hydrogen-bond acceptors (Lipinski definition) is 1. The summed E-state index contributed by atoms with van der Waals surface area (Å²) < 4.78 is 0. The SMILES string of the molecule is Cc1cc2cc[nH]c2cc1CCCN. The molecule has 0 aliphatic carbocycles. The molecule has 74 valence electrons. The predicted octanol–water partition coefficient (Wildman–Crippen LogP) is 2.37. The van der Waals surface area contributed by atoms with E-state index < -0.39 is 0 Å². The Bertz CT molecular complexity index is 429. The summed E-state index contributed by atoms with van der Waals surface area (Å²) in [4.78, 5) is 3.23. The van der Waals surface area contributed by atoms with E-state index in [2.05, 4.69) is 30.1 Å². The lowest BCUT2D eigenvalue weighted by atomic mass is 10.0. The van der Waals surface area contributed by atoms with Gasteiger partial charge in [-0.15, -0.1) is 0 Å². The number of nitrogens with one attached hydrogen (secondary N) is 1. The van der Waals surface area contributed by atoms with E-state index in [4.69, 9.17) is 5.73 Å². The average molecular weight is 188 g/mol. The number of benzene rings is 1. The van der Waals surface area contributed by atoms with Crippen LogP contribution in [-0.4, -0.2) is 11.5 Å². The Kier molecular flexibility index (Phi) is 2.55. The summed E-state index contributed by atoms with van der Waals surface area (Å²) in [6, 6.07) is 6.58. The second kappa shape index (κ2) is 3.84. The van der Waals surface area contributed by atoms with Gasteiger partial charge >= 0.3 is 0 Å². The van der Waals surface area contributed by atoms with Crippen LogP contribution in [0.1, 0.15) is 17.5 Å². The average Bonchev–Trinajstić information content (AvgIpc) is 2.61. The van der Waals surface area contributed by atoms with Crippen molar-refractivity contribution in [2.24, 2.45) is 5.73 Å². The fraction of sp³-hybridized carbons (Fsp3) is 0.333. The lowest BCUT2D eigenvalue weighted by molar-refractivity contribution is 0.829. The van der Waals surface area contributed by atoms with Crippen molar-refractivity contribution in [3.63, 3.8) is 0 Å². The lowest BCUT2D eigenvalue weighted by Crippen LogP contribution is -2.01. The van der Waals surface area contributed by atoms with Crippen LogP contribution < -0.4 is 5.73 Å². The summed E-state index contributed by atoms with van der Waals surface area (Å²) in [6.45, 7) is 2.93. The molecule has 0 aliphatic rings. The molecule has 0 atom stereocenters. The summed E-state index contributed by atoms with van der Waals surface area (Å²) in [7, 11) is 0. The molecular weight excluding hydrogens is 172 g/mol. The highest BCUT2D eigenvalue weighted by molar-refractivity contribution is 5.81. The summed E-state index contributed by atoms with van der Waals surface area (Å²) in [6.07, 6.45) is 4.13. The maximum absolute atomic E-state index is 5.51. The van der Waals surface area contributed by atoms with Crippen molar-refractivity contribution in [1.29, 1.82) is 0 Å². The van der Waals surface area contributed by atoms with Gasteiger partial charge in [-0.3, -0.25) is 0 Å². The largest absolute Gasteiger partial charge is 0.361 e. The van der Waals surface area contributed by atoms with Crippen molar-refractivity contribution in [1.82, 2.24) is 4.98 Å². The van der Waals surface area contributed by atoms with Gasteiger partial charge in [-0.25, -0.2) is 0 Å². The molecule has 0 bridgehead atoms. The first kappa shape index (κ1) is 9.28. The van der Waals surface area contributed by atoms with Crippen molar-refractivity contribution >= 4 is 10.9 Å². The normalized spacial score (nSPS) is 11.0. The minimum absolute atomic E-state index is 0.766. The molecule has 0 spiro atoms. The first-order chi connectivity index (χ1) is 6.81. The molecule has 0 saturated heterocycles. The number of rotatable bonds is 3. The Balaban J connectivity index is 2.38. The lowest BCUT2D eigenvalue weighted by Gasteiger charge is -2.05.